The minimum atomic E-state index is -0.759. The number of carbonyl (C=O) groups excluding carboxylic acids is 1. The monoisotopic (exact) mass is 311 g/mol. The van der Waals surface area contributed by atoms with Crippen molar-refractivity contribution in [3.8, 4) is 11.1 Å². The number of nitrogens with two attached hydrogens (primary N) is 1. The average Bonchev–Trinajstić information content (AvgIpc) is 2.44. The second kappa shape index (κ2) is 5.69. The van der Waals surface area contributed by atoms with Crippen LogP contribution in [-0.2, 0) is 4.74 Å². The molecule has 21 heavy (non-hydrogen) atoms. The molecule has 0 fully saturated rings. The Morgan fingerprint density at radius 1 is 1.29 bits per heavy atom. The highest BCUT2D eigenvalue weighted by atomic mass is 35.5. The lowest BCUT2D eigenvalue weighted by Crippen LogP contribution is -2.08. The lowest BCUT2D eigenvalue weighted by atomic mass is 9.96. The summed E-state index contributed by atoms with van der Waals surface area (Å²) in [6.45, 7) is 1.60. The predicted octanol–water partition coefficient (Wildman–Crippen LogP) is 3.96. The number of hydrogen-bond donors (Lipinski definition) is 1. The fourth-order valence-corrected chi connectivity index (χ4v) is 2.45. The van der Waals surface area contributed by atoms with Crippen LogP contribution in [0.4, 0.5) is 14.5 Å². The summed E-state index contributed by atoms with van der Waals surface area (Å²) in [4.78, 5) is 11.6. The van der Waals surface area contributed by atoms with Crippen LogP contribution in [0.3, 0.4) is 0 Å². The number of esters is 1. The molecule has 0 saturated carbocycles. The van der Waals surface area contributed by atoms with Crippen LogP contribution in [0, 0.1) is 18.6 Å². The maximum absolute atomic E-state index is 13.9. The molecule has 0 radical (unpaired) electrons. The van der Waals surface area contributed by atoms with Crippen molar-refractivity contribution in [1.82, 2.24) is 0 Å². The molecule has 0 spiro atoms. The molecule has 2 N–H and O–H groups in total. The molecule has 2 aromatic rings. The number of benzene rings is 2. The molecular formula is C15H12ClF2NO2. The molecule has 0 saturated heterocycles. The van der Waals surface area contributed by atoms with E-state index in [2.05, 4.69) is 4.74 Å². The Bertz CT molecular complexity index is 732. The van der Waals surface area contributed by atoms with Crippen molar-refractivity contribution in [1.29, 1.82) is 0 Å². The summed E-state index contributed by atoms with van der Waals surface area (Å²) in [7, 11) is 1.22. The predicted molar refractivity (Wildman–Crippen MR) is 77.3 cm³/mol. The molecule has 2 aromatic carbocycles. The van der Waals surface area contributed by atoms with Gasteiger partial charge < -0.3 is 10.5 Å². The molecule has 0 aliphatic heterocycles. The van der Waals surface area contributed by atoms with Crippen LogP contribution in [0.5, 0.6) is 0 Å². The molecule has 2 rings (SSSR count). The molecule has 0 atom stereocenters. The van der Waals surface area contributed by atoms with Crippen LogP contribution in [0.15, 0.2) is 24.3 Å². The Balaban J connectivity index is 2.71. The molecular weight excluding hydrogens is 300 g/mol. The maximum atomic E-state index is 13.9. The third kappa shape index (κ3) is 2.69. The highest BCUT2D eigenvalue weighted by molar-refractivity contribution is 6.34. The Labute approximate surface area is 125 Å². The molecule has 0 bridgehead atoms. The maximum Gasteiger partial charge on any atom is 0.340 e. The van der Waals surface area contributed by atoms with Gasteiger partial charge in [-0.15, -0.1) is 0 Å². The highest BCUT2D eigenvalue weighted by Crippen LogP contribution is 2.38. The van der Waals surface area contributed by atoms with Crippen LogP contribution >= 0.6 is 11.6 Å². The van der Waals surface area contributed by atoms with Crippen molar-refractivity contribution < 1.29 is 18.3 Å². The molecule has 6 heteroatoms. The summed E-state index contributed by atoms with van der Waals surface area (Å²) in [6, 6.07) is 4.47. The summed E-state index contributed by atoms with van der Waals surface area (Å²) >= 11 is 6.13. The standard InChI is InChI=1S/C15H12ClF2NO2/c1-7-13(9-4-3-8(17)5-12(9)18)11(16)6-10(14(7)19)15(20)21-2/h3-6H,19H2,1-2H3. The van der Waals surface area contributed by atoms with Crippen LogP contribution < -0.4 is 5.73 Å². The van der Waals surface area contributed by atoms with E-state index in [1.165, 1.54) is 19.2 Å². The van der Waals surface area contributed by atoms with Gasteiger partial charge in [0.1, 0.15) is 11.6 Å². The Kier molecular flexibility index (Phi) is 4.14. The average molecular weight is 312 g/mol. The summed E-state index contributed by atoms with van der Waals surface area (Å²) in [5.74, 6) is -2.09. The quantitative estimate of drug-likeness (QED) is 0.674. The zero-order valence-corrected chi connectivity index (χ0v) is 12.1. The molecule has 0 aromatic heterocycles. The topological polar surface area (TPSA) is 52.3 Å². The van der Waals surface area contributed by atoms with Crippen molar-refractivity contribution in [3.05, 3.63) is 52.0 Å². The van der Waals surface area contributed by atoms with E-state index in [0.29, 0.717) is 11.1 Å². The first kappa shape index (κ1) is 15.3. The SMILES string of the molecule is COC(=O)c1cc(Cl)c(-c2ccc(F)cc2F)c(C)c1N. The number of anilines is 1. The van der Waals surface area contributed by atoms with E-state index in [0.717, 1.165) is 12.1 Å². The number of ether oxygens (including phenoxy) is 1. The Morgan fingerprint density at radius 3 is 2.52 bits per heavy atom. The van der Waals surface area contributed by atoms with Crippen LogP contribution in [0.1, 0.15) is 15.9 Å². The normalized spacial score (nSPS) is 10.5. The van der Waals surface area contributed by atoms with E-state index in [9.17, 15) is 13.6 Å². The van der Waals surface area contributed by atoms with Gasteiger partial charge in [0.25, 0.3) is 0 Å². The van der Waals surface area contributed by atoms with Crippen LogP contribution in [0.25, 0.3) is 11.1 Å². The van der Waals surface area contributed by atoms with Crippen molar-refractivity contribution >= 4 is 23.3 Å². The Morgan fingerprint density at radius 2 is 1.95 bits per heavy atom. The molecule has 0 unspecified atom stereocenters. The van der Waals surface area contributed by atoms with Crippen molar-refractivity contribution in [2.45, 2.75) is 6.92 Å². The van der Waals surface area contributed by atoms with Gasteiger partial charge in [-0.2, -0.15) is 0 Å². The second-order valence-corrected chi connectivity index (χ2v) is 4.84. The van der Waals surface area contributed by atoms with Gasteiger partial charge in [-0.1, -0.05) is 11.6 Å². The smallest absolute Gasteiger partial charge is 0.340 e. The zero-order chi connectivity index (χ0) is 15.7. The summed E-state index contributed by atoms with van der Waals surface area (Å²) in [6.07, 6.45) is 0. The van der Waals surface area contributed by atoms with Crippen LogP contribution in [-0.4, -0.2) is 13.1 Å². The number of methoxy groups -OCH3 is 1. The molecule has 0 aliphatic rings. The molecule has 0 aliphatic carbocycles. The number of rotatable bonds is 2. The summed E-state index contributed by atoms with van der Waals surface area (Å²) < 4.78 is 31.5. The van der Waals surface area contributed by atoms with E-state index in [-0.39, 0.29) is 21.8 Å². The minimum Gasteiger partial charge on any atom is -0.465 e. The first-order chi connectivity index (χ1) is 9.86. The van der Waals surface area contributed by atoms with Gasteiger partial charge in [-0.3, -0.25) is 0 Å². The van der Waals surface area contributed by atoms with Gasteiger partial charge in [-0.25, -0.2) is 13.6 Å². The van der Waals surface area contributed by atoms with E-state index in [4.69, 9.17) is 17.3 Å². The van der Waals surface area contributed by atoms with Gasteiger partial charge in [0, 0.05) is 27.9 Å². The molecule has 0 heterocycles. The summed E-state index contributed by atoms with van der Waals surface area (Å²) in [5.41, 5.74) is 6.99. The number of carbonyl (C=O) groups is 1. The highest BCUT2D eigenvalue weighted by Gasteiger charge is 2.20. The van der Waals surface area contributed by atoms with Gasteiger partial charge in [0.15, 0.2) is 0 Å². The zero-order valence-electron chi connectivity index (χ0n) is 11.3. The van der Waals surface area contributed by atoms with Crippen molar-refractivity contribution in [2.24, 2.45) is 0 Å². The lowest BCUT2D eigenvalue weighted by molar-refractivity contribution is 0.0602. The largest absolute Gasteiger partial charge is 0.465 e. The lowest BCUT2D eigenvalue weighted by Gasteiger charge is -2.15. The summed E-state index contributed by atoms with van der Waals surface area (Å²) in [5, 5.41) is 0.132. The van der Waals surface area contributed by atoms with Gasteiger partial charge in [0.05, 0.1) is 12.7 Å². The van der Waals surface area contributed by atoms with Gasteiger partial charge >= 0.3 is 5.97 Å². The fraction of sp³-hybridized carbons (Fsp3) is 0.133. The van der Waals surface area contributed by atoms with Crippen molar-refractivity contribution in [2.75, 3.05) is 12.8 Å². The first-order valence-corrected chi connectivity index (χ1v) is 6.37. The number of hydrogen-bond acceptors (Lipinski definition) is 3. The minimum absolute atomic E-state index is 0.103. The second-order valence-electron chi connectivity index (χ2n) is 4.44. The van der Waals surface area contributed by atoms with Crippen LogP contribution in [0.2, 0.25) is 5.02 Å². The number of halogens is 3. The third-order valence-corrected chi connectivity index (χ3v) is 3.48. The van der Waals surface area contributed by atoms with Gasteiger partial charge in [0.2, 0.25) is 0 Å². The molecule has 0 amide bonds. The van der Waals surface area contributed by atoms with E-state index in [1.54, 1.807) is 6.92 Å². The third-order valence-electron chi connectivity index (χ3n) is 3.18. The fourth-order valence-electron chi connectivity index (χ4n) is 2.09. The Hall–Kier alpha value is -2.14. The molecule has 3 nitrogen and oxygen atoms in total. The van der Waals surface area contributed by atoms with E-state index >= 15 is 0 Å². The van der Waals surface area contributed by atoms with Crippen molar-refractivity contribution in [3.63, 3.8) is 0 Å². The van der Waals surface area contributed by atoms with Gasteiger partial charge in [-0.05, 0) is 30.7 Å². The van der Waals surface area contributed by atoms with E-state index in [1.807, 2.05) is 0 Å². The molecule has 110 valence electrons. The number of nitrogen functional groups attached to an aromatic ring is 1. The first-order valence-electron chi connectivity index (χ1n) is 5.99. The van der Waals surface area contributed by atoms with E-state index < -0.39 is 17.6 Å².